The van der Waals surface area contributed by atoms with Crippen LogP contribution in [-0.2, 0) is 4.79 Å². The minimum absolute atomic E-state index is 0.251. The molecule has 0 bridgehead atoms. The summed E-state index contributed by atoms with van der Waals surface area (Å²) in [6.07, 6.45) is 3.74. The molecule has 0 aromatic heterocycles. The summed E-state index contributed by atoms with van der Waals surface area (Å²) in [5.74, 6) is 0. The third-order valence-electron chi connectivity index (χ3n) is 0.956. The van der Waals surface area contributed by atoms with Crippen molar-refractivity contribution >= 4 is 6.29 Å². The van der Waals surface area contributed by atoms with Gasteiger partial charge in [-0.2, -0.15) is 0 Å². The molecule has 62 valence electrons. The monoisotopic (exact) mass is 150 g/mol. The second kappa shape index (κ2) is 15.8. The van der Waals surface area contributed by atoms with Crippen molar-refractivity contribution in [3.05, 3.63) is 0 Å². The van der Waals surface area contributed by atoms with Crippen molar-refractivity contribution in [3.8, 4) is 0 Å². The van der Waals surface area contributed by atoms with Crippen LogP contribution in [-0.4, -0.2) is 25.2 Å². The van der Waals surface area contributed by atoms with Gasteiger partial charge in [0, 0.05) is 13.5 Å². The second-order valence-electron chi connectivity index (χ2n) is 1.70. The number of rotatable bonds is 5. The third kappa shape index (κ3) is 15.6. The Morgan fingerprint density at radius 1 is 1.30 bits per heavy atom. The lowest BCUT2D eigenvalue weighted by atomic mass is 10.2. The normalized spacial score (nSPS) is 7.90. The predicted molar refractivity (Wildman–Crippen MR) is 38.6 cm³/mol. The fourth-order valence-electron chi connectivity index (χ4n) is 0.499. The molecule has 0 atom stereocenters. The van der Waals surface area contributed by atoms with Crippen LogP contribution in [0.3, 0.4) is 0 Å². The number of carbonyl (C=O) groups excluding carboxylic acids is 1. The van der Waals surface area contributed by atoms with E-state index in [-0.39, 0.29) is 6.67 Å². The van der Waals surface area contributed by atoms with Gasteiger partial charge in [0.25, 0.3) is 0 Å². The van der Waals surface area contributed by atoms with Gasteiger partial charge in [0.1, 0.15) is 6.29 Å². The van der Waals surface area contributed by atoms with Crippen molar-refractivity contribution in [3.63, 3.8) is 0 Å². The van der Waals surface area contributed by atoms with Gasteiger partial charge in [-0.1, -0.05) is 6.42 Å². The number of aldehydes is 1. The number of halogens is 1. The molecule has 0 radical (unpaired) electrons. The maximum atomic E-state index is 11.3. The van der Waals surface area contributed by atoms with Crippen LogP contribution in [0.2, 0.25) is 0 Å². The molecule has 0 aromatic rings. The zero-order valence-electron chi connectivity index (χ0n) is 6.35. The van der Waals surface area contributed by atoms with E-state index in [0.717, 1.165) is 26.2 Å². The maximum Gasteiger partial charge on any atom is 0.119 e. The van der Waals surface area contributed by atoms with Crippen LogP contribution in [0.15, 0.2) is 0 Å². The molecule has 0 aliphatic rings. The van der Waals surface area contributed by atoms with E-state index in [0.29, 0.717) is 12.8 Å². The molecule has 0 saturated heterocycles. The van der Waals surface area contributed by atoms with E-state index in [1.807, 2.05) is 0 Å². The summed E-state index contributed by atoms with van der Waals surface area (Å²) in [5.41, 5.74) is 0. The fraction of sp³-hybridized carbons (Fsp3) is 0.857. The first-order chi connectivity index (χ1) is 4.91. The number of aliphatic hydroxyl groups is 1. The molecular formula is C7H15FO2. The first-order valence-electron chi connectivity index (χ1n) is 3.36. The third-order valence-corrected chi connectivity index (χ3v) is 0.956. The van der Waals surface area contributed by atoms with Crippen molar-refractivity contribution in [1.82, 2.24) is 0 Å². The zero-order chi connectivity index (χ0) is 8.24. The van der Waals surface area contributed by atoms with Gasteiger partial charge in [0.05, 0.1) is 6.67 Å². The van der Waals surface area contributed by atoms with Gasteiger partial charge in [-0.15, -0.1) is 0 Å². The molecule has 1 N–H and O–H groups in total. The molecule has 0 aliphatic carbocycles. The van der Waals surface area contributed by atoms with E-state index in [1.54, 1.807) is 0 Å². The molecule has 0 fully saturated rings. The van der Waals surface area contributed by atoms with Crippen molar-refractivity contribution in [2.75, 3.05) is 13.8 Å². The van der Waals surface area contributed by atoms with Crippen LogP contribution in [0.1, 0.15) is 25.7 Å². The highest BCUT2D eigenvalue weighted by Crippen LogP contribution is 1.96. The summed E-state index contributed by atoms with van der Waals surface area (Å²) in [7, 11) is 1.00. The van der Waals surface area contributed by atoms with Gasteiger partial charge in [-0.05, 0) is 12.8 Å². The topological polar surface area (TPSA) is 37.3 Å². The minimum Gasteiger partial charge on any atom is -0.400 e. The highest BCUT2D eigenvalue weighted by atomic mass is 19.1. The molecule has 0 saturated carbocycles. The molecule has 10 heavy (non-hydrogen) atoms. The smallest absolute Gasteiger partial charge is 0.119 e. The first kappa shape index (κ1) is 12.3. The van der Waals surface area contributed by atoms with E-state index >= 15 is 0 Å². The number of alkyl halides is 1. The highest BCUT2D eigenvalue weighted by molar-refractivity contribution is 5.48. The van der Waals surface area contributed by atoms with E-state index in [4.69, 9.17) is 5.11 Å². The van der Waals surface area contributed by atoms with Gasteiger partial charge >= 0.3 is 0 Å². The fourth-order valence-corrected chi connectivity index (χ4v) is 0.499. The van der Waals surface area contributed by atoms with E-state index in [9.17, 15) is 9.18 Å². The Bertz CT molecular complexity index is 57.6. The average Bonchev–Trinajstić information content (AvgIpc) is 2.02. The van der Waals surface area contributed by atoms with E-state index in [2.05, 4.69) is 0 Å². The molecular weight excluding hydrogens is 135 g/mol. The van der Waals surface area contributed by atoms with Gasteiger partial charge < -0.3 is 9.90 Å². The standard InChI is InChI=1S/C6H11FO.CH4O/c7-5-3-1-2-4-6-8;1-2/h6H,1-5H2;2H,1H3. The van der Waals surface area contributed by atoms with Crippen molar-refractivity contribution < 1.29 is 14.3 Å². The van der Waals surface area contributed by atoms with Crippen LogP contribution in [0.5, 0.6) is 0 Å². The lowest BCUT2D eigenvalue weighted by molar-refractivity contribution is -0.107. The largest absolute Gasteiger partial charge is 0.400 e. The van der Waals surface area contributed by atoms with Crippen LogP contribution in [0.25, 0.3) is 0 Å². The molecule has 0 rings (SSSR count). The lowest BCUT2D eigenvalue weighted by Gasteiger charge is -1.88. The number of aliphatic hydroxyl groups excluding tert-OH is 1. The Labute approximate surface area is 61.1 Å². The van der Waals surface area contributed by atoms with Gasteiger partial charge in [-0.3, -0.25) is 4.39 Å². The summed E-state index contributed by atoms with van der Waals surface area (Å²) in [6, 6.07) is 0. The highest BCUT2D eigenvalue weighted by Gasteiger charge is 1.85. The van der Waals surface area contributed by atoms with Crippen LogP contribution < -0.4 is 0 Å². The van der Waals surface area contributed by atoms with Crippen LogP contribution in [0, 0.1) is 0 Å². The molecule has 3 heteroatoms. The number of hydrogen-bond acceptors (Lipinski definition) is 2. The Balaban J connectivity index is 0. The lowest BCUT2D eigenvalue weighted by Crippen LogP contribution is -1.79. The summed E-state index contributed by atoms with van der Waals surface area (Å²) in [6.45, 7) is -0.251. The summed E-state index contributed by atoms with van der Waals surface area (Å²) >= 11 is 0. The first-order valence-corrected chi connectivity index (χ1v) is 3.36. The van der Waals surface area contributed by atoms with Crippen LogP contribution in [0.4, 0.5) is 4.39 Å². The van der Waals surface area contributed by atoms with Crippen molar-refractivity contribution in [2.45, 2.75) is 25.7 Å². The summed E-state index contributed by atoms with van der Waals surface area (Å²) < 4.78 is 11.3. The Hall–Kier alpha value is -0.440. The summed E-state index contributed by atoms with van der Waals surface area (Å²) in [5, 5.41) is 7.00. The number of carbonyl (C=O) groups is 1. The molecule has 0 aromatic carbocycles. The minimum atomic E-state index is -0.251. The molecule has 0 unspecified atom stereocenters. The SMILES string of the molecule is CO.O=CCCCCCF. The molecule has 0 heterocycles. The van der Waals surface area contributed by atoms with Gasteiger partial charge in [-0.25, -0.2) is 0 Å². The average molecular weight is 150 g/mol. The maximum absolute atomic E-state index is 11.3. The summed E-state index contributed by atoms with van der Waals surface area (Å²) in [4.78, 5) is 9.67. The predicted octanol–water partition coefficient (Wildman–Crippen LogP) is 1.32. The zero-order valence-corrected chi connectivity index (χ0v) is 6.35. The molecule has 2 nitrogen and oxygen atoms in total. The van der Waals surface area contributed by atoms with Crippen molar-refractivity contribution in [1.29, 1.82) is 0 Å². The van der Waals surface area contributed by atoms with E-state index < -0.39 is 0 Å². The Morgan fingerprint density at radius 2 is 1.90 bits per heavy atom. The Kier molecular flexibility index (Phi) is 19.4. The molecule has 0 spiro atoms. The Morgan fingerprint density at radius 3 is 2.30 bits per heavy atom. The number of hydrogen-bond donors (Lipinski definition) is 1. The quantitative estimate of drug-likeness (QED) is 0.474. The number of unbranched alkanes of at least 4 members (excludes halogenated alkanes) is 3. The van der Waals surface area contributed by atoms with E-state index in [1.165, 1.54) is 0 Å². The van der Waals surface area contributed by atoms with Gasteiger partial charge in [0.2, 0.25) is 0 Å². The molecule has 0 aliphatic heterocycles. The van der Waals surface area contributed by atoms with Crippen LogP contribution >= 0.6 is 0 Å². The molecule has 0 amide bonds. The van der Waals surface area contributed by atoms with Crippen molar-refractivity contribution in [2.24, 2.45) is 0 Å². The second-order valence-corrected chi connectivity index (χ2v) is 1.70. The van der Waals surface area contributed by atoms with Gasteiger partial charge in [0.15, 0.2) is 0 Å².